The zero-order valence-electron chi connectivity index (χ0n) is 11.8. The molecule has 0 saturated carbocycles. The monoisotopic (exact) mass is 298 g/mol. The van der Waals surface area contributed by atoms with Crippen molar-refractivity contribution in [2.75, 3.05) is 19.3 Å². The zero-order valence-corrected chi connectivity index (χ0v) is 12.6. The number of carbonyl (C=O) groups is 1. The van der Waals surface area contributed by atoms with Crippen LogP contribution in [-0.4, -0.2) is 33.7 Å². The van der Waals surface area contributed by atoms with Gasteiger partial charge in [-0.2, -0.15) is 0 Å². The lowest BCUT2D eigenvalue weighted by molar-refractivity contribution is 0.0952. The molecular formula is C14H22N2O3S. The molecule has 0 fully saturated rings. The second-order valence-electron chi connectivity index (χ2n) is 4.76. The smallest absolute Gasteiger partial charge is 0.251 e. The Labute approximate surface area is 120 Å². The van der Waals surface area contributed by atoms with Gasteiger partial charge in [0.25, 0.3) is 5.91 Å². The minimum atomic E-state index is -3.29. The van der Waals surface area contributed by atoms with Crippen LogP contribution in [0.4, 0.5) is 0 Å². The van der Waals surface area contributed by atoms with Crippen molar-refractivity contribution >= 4 is 15.7 Å². The summed E-state index contributed by atoms with van der Waals surface area (Å²) in [4.78, 5) is 12.0. The summed E-state index contributed by atoms with van der Waals surface area (Å²) in [7, 11) is -3.29. The van der Waals surface area contributed by atoms with Crippen LogP contribution in [0.3, 0.4) is 0 Å². The second kappa shape index (κ2) is 8.01. The van der Waals surface area contributed by atoms with Crippen LogP contribution in [0.5, 0.6) is 0 Å². The number of hydrogen-bond acceptors (Lipinski definition) is 4. The Morgan fingerprint density at radius 1 is 1.20 bits per heavy atom. The standard InChI is InChI=1S/C14H22N2O3S/c1-20(18,19)13-8-6-7-12(11-13)14(17)16-10-5-3-2-4-9-15/h6-8,11H,2-5,9-10,15H2,1H3,(H,16,17). The molecule has 20 heavy (non-hydrogen) atoms. The van der Waals surface area contributed by atoms with Crippen LogP contribution in [0.2, 0.25) is 0 Å². The average molecular weight is 298 g/mol. The van der Waals surface area contributed by atoms with E-state index in [9.17, 15) is 13.2 Å². The molecule has 0 radical (unpaired) electrons. The highest BCUT2D eigenvalue weighted by atomic mass is 32.2. The lowest BCUT2D eigenvalue weighted by atomic mass is 10.2. The van der Waals surface area contributed by atoms with Crippen LogP contribution >= 0.6 is 0 Å². The van der Waals surface area contributed by atoms with Gasteiger partial charge in [0, 0.05) is 18.4 Å². The van der Waals surface area contributed by atoms with Gasteiger partial charge in [0.2, 0.25) is 0 Å². The molecule has 1 aromatic carbocycles. The highest BCUT2D eigenvalue weighted by Crippen LogP contribution is 2.11. The molecule has 0 aromatic heterocycles. The maximum absolute atomic E-state index is 11.9. The summed E-state index contributed by atoms with van der Waals surface area (Å²) in [5.74, 6) is -0.241. The SMILES string of the molecule is CS(=O)(=O)c1cccc(C(=O)NCCCCCCN)c1. The van der Waals surface area contributed by atoms with Crippen molar-refractivity contribution in [3.8, 4) is 0 Å². The van der Waals surface area contributed by atoms with Gasteiger partial charge in [-0.1, -0.05) is 18.9 Å². The first-order chi connectivity index (χ1) is 9.45. The molecule has 0 aliphatic carbocycles. The topological polar surface area (TPSA) is 89.3 Å². The summed E-state index contributed by atoms with van der Waals surface area (Å²) in [6, 6.07) is 6.07. The highest BCUT2D eigenvalue weighted by Gasteiger charge is 2.11. The van der Waals surface area contributed by atoms with Crippen LogP contribution < -0.4 is 11.1 Å². The predicted molar refractivity (Wildman–Crippen MR) is 79.4 cm³/mol. The number of sulfone groups is 1. The molecular weight excluding hydrogens is 276 g/mol. The van der Waals surface area contributed by atoms with Crippen molar-refractivity contribution in [2.45, 2.75) is 30.6 Å². The minimum absolute atomic E-state index is 0.160. The van der Waals surface area contributed by atoms with Crippen LogP contribution in [0, 0.1) is 0 Å². The van der Waals surface area contributed by atoms with Gasteiger partial charge in [-0.05, 0) is 37.6 Å². The van der Waals surface area contributed by atoms with Crippen molar-refractivity contribution in [2.24, 2.45) is 5.73 Å². The Morgan fingerprint density at radius 2 is 1.90 bits per heavy atom. The van der Waals surface area contributed by atoms with E-state index in [4.69, 9.17) is 5.73 Å². The summed E-state index contributed by atoms with van der Waals surface area (Å²) in [6.45, 7) is 1.29. The Bertz CT molecular complexity index is 541. The van der Waals surface area contributed by atoms with E-state index in [-0.39, 0.29) is 10.8 Å². The van der Waals surface area contributed by atoms with Gasteiger partial charge in [-0.25, -0.2) is 8.42 Å². The van der Waals surface area contributed by atoms with Gasteiger partial charge < -0.3 is 11.1 Å². The van der Waals surface area contributed by atoms with Crippen LogP contribution in [-0.2, 0) is 9.84 Å². The number of benzene rings is 1. The lowest BCUT2D eigenvalue weighted by Crippen LogP contribution is -2.24. The Balaban J connectivity index is 2.48. The Hall–Kier alpha value is -1.40. The molecule has 0 heterocycles. The van der Waals surface area contributed by atoms with Gasteiger partial charge in [0.1, 0.15) is 0 Å². The van der Waals surface area contributed by atoms with Crippen molar-refractivity contribution in [1.29, 1.82) is 0 Å². The van der Waals surface area contributed by atoms with E-state index in [1.54, 1.807) is 12.1 Å². The molecule has 0 aliphatic heterocycles. The van der Waals surface area contributed by atoms with E-state index in [1.807, 2.05) is 0 Å². The first kappa shape index (κ1) is 16.7. The first-order valence-corrected chi connectivity index (χ1v) is 8.62. The zero-order chi connectivity index (χ0) is 15.0. The van der Waals surface area contributed by atoms with Crippen LogP contribution in [0.25, 0.3) is 0 Å². The van der Waals surface area contributed by atoms with E-state index in [0.29, 0.717) is 18.7 Å². The molecule has 1 aromatic rings. The second-order valence-corrected chi connectivity index (χ2v) is 6.77. The van der Waals surface area contributed by atoms with E-state index in [0.717, 1.165) is 31.9 Å². The number of nitrogens with two attached hydrogens (primary N) is 1. The molecule has 3 N–H and O–H groups in total. The number of amides is 1. The molecule has 0 spiro atoms. The Kier molecular flexibility index (Phi) is 6.67. The van der Waals surface area contributed by atoms with Gasteiger partial charge in [0.15, 0.2) is 9.84 Å². The summed E-state index contributed by atoms with van der Waals surface area (Å²) >= 11 is 0. The number of carbonyl (C=O) groups excluding carboxylic acids is 1. The third kappa shape index (κ3) is 5.71. The van der Waals surface area contributed by atoms with Crippen molar-refractivity contribution in [3.63, 3.8) is 0 Å². The summed E-state index contributed by atoms with van der Waals surface area (Å²) in [5.41, 5.74) is 5.77. The molecule has 112 valence electrons. The first-order valence-electron chi connectivity index (χ1n) is 6.73. The van der Waals surface area contributed by atoms with E-state index in [1.165, 1.54) is 12.1 Å². The maximum Gasteiger partial charge on any atom is 0.251 e. The molecule has 0 bridgehead atoms. The van der Waals surface area contributed by atoms with Crippen LogP contribution in [0.15, 0.2) is 29.2 Å². The molecule has 1 amide bonds. The fourth-order valence-electron chi connectivity index (χ4n) is 1.79. The number of unbranched alkanes of at least 4 members (excludes halogenated alkanes) is 3. The van der Waals surface area contributed by atoms with Crippen molar-refractivity contribution < 1.29 is 13.2 Å². The van der Waals surface area contributed by atoms with Gasteiger partial charge in [0.05, 0.1) is 4.90 Å². The molecule has 5 nitrogen and oxygen atoms in total. The normalized spacial score (nSPS) is 11.3. The fraction of sp³-hybridized carbons (Fsp3) is 0.500. The molecule has 1 rings (SSSR count). The van der Waals surface area contributed by atoms with Gasteiger partial charge in [-0.15, -0.1) is 0 Å². The minimum Gasteiger partial charge on any atom is -0.352 e. The molecule has 0 unspecified atom stereocenters. The molecule has 0 atom stereocenters. The summed E-state index contributed by atoms with van der Waals surface area (Å²) in [6.07, 6.45) is 5.13. The van der Waals surface area contributed by atoms with E-state index in [2.05, 4.69) is 5.32 Å². The number of nitrogens with one attached hydrogen (secondary N) is 1. The lowest BCUT2D eigenvalue weighted by Gasteiger charge is -2.06. The Morgan fingerprint density at radius 3 is 2.55 bits per heavy atom. The molecule has 0 saturated heterocycles. The average Bonchev–Trinajstić information content (AvgIpc) is 2.41. The van der Waals surface area contributed by atoms with Crippen molar-refractivity contribution in [1.82, 2.24) is 5.32 Å². The summed E-state index contributed by atoms with van der Waals surface area (Å²) in [5, 5.41) is 2.79. The molecule has 0 aliphatic rings. The third-order valence-corrected chi connectivity index (χ3v) is 4.05. The van der Waals surface area contributed by atoms with Crippen LogP contribution in [0.1, 0.15) is 36.0 Å². The molecule has 6 heteroatoms. The number of hydrogen-bond donors (Lipinski definition) is 2. The van der Waals surface area contributed by atoms with Crippen molar-refractivity contribution in [3.05, 3.63) is 29.8 Å². The maximum atomic E-state index is 11.9. The largest absolute Gasteiger partial charge is 0.352 e. The third-order valence-electron chi connectivity index (χ3n) is 2.94. The quantitative estimate of drug-likeness (QED) is 0.709. The number of rotatable bonds is 8. The predicted octanol–water partition coefficient (Wildman–Crippen LogP) is 1.34. The van der Waals surface area contributed by atoms with Gasteiger partial charge in [-0.3, -0.25) is 4.79 Å². The summed E-state index contributed by atoms with van der Waals surface area (Å²) < 4.78 is 22.9. The van der Waals surface area contributed by atoms with Gasteiger partial charge >= 0.3 is 0 Å². The van der Waals surface area contributed by atoms with E-state index < -0.39 is 9.84 Å². The fourth-order valence-corrected chi connectivity index (χ4v) is 2.46. The highest BCUT2D eigenvalue weighted by molar-refractivity contribution is 7.90. The van der Waals surface area contributed by atoms with E-state index >= 15 is 0 Å².